The predicted octanol–water partition coefficient (Wildman–Crippen LogP) is 1.93. The van der Waals surface area contributed by atoms with Gasteiger partial charge in [0.15, 0.2) is 0 Å². The predicted molar refractivity (Wildman–Crippen MR) is 47.0 cm³/mol. The van der Waals surface area contributed by atoms with Gasteiger partial charge >= 0.3 is 0 Å². The number of hydrogen-bond donors (Lipinski definition) is 1. The van der Waals surface area contributed by atoms with E-state index in [1.54, 1.807) is 0 Å². The fourth-order valence-corrected chi connectivity index (χ4v) is 1.40. The molecule has 1 aliphatic rings. The summed E-state index contributed by atoms with van der Waals surface area (Å²) in [5.41, 5.74) is 4.47. The minimum atomic E-state index is -0.333. The van der Waals surface area contributed by atoms with E-state index in [0.29, 0.717) is 0 Å². The molecule has 11 heavy (non-hydrogen) atoms. The molecule has 0 unspecified atom stereocenters. The van der Waals surface area contributed by atoms with Crippen LogP contribution < -0.4 is 5.73 Å². The van der Waals surface area contributed by atoms with Crippen LogP contribution in [0.5, 0.6) is 0 Å². The number of nitrogens with two attached hydrogens (primary N) is 1. The van der Waals surface area contributed by atoms with Crippen LogP contribution in [0.4, 0.5) is 0 Å². The first-order chi connectivity index (χ1) is 5.06. The Hall–Kier alpha value is -0.530. The molecule has 0 spiro atoms. The highest BCUT2D eigenvalue weighted by molar-refractivity contribution is 5.70. The molecule has 0 aliphatic heterocycles. The van der Waals surface area contributed by atoms with Crippen molar-refractivity contribution in [2.75, 3.05) is 0 Å². The van der Waals surface area contributed by atoms with E-state index in [4.69, 9.17) is 0 Å². The molecule has 2 nitrogen and oxygen atoms in total. The Bertz CT molecular complexity index is 113. The molecule has 0 saturated heterocycles. The van der Waals surface area contributed by atoms with Crippen molar-refractivity contribution in [2.24, 2.45) is 17.6 Å². The van der Waals surface area contributed by atoms with Crippen molar-refractivity contribution in [1.29, 1.82) is 0 Å². The fourth-order valence-electron chi connectivity index (χ4n) is 1.40. The molecule has 1 saturated carbocycles. The third-order valence-corrected chi connectivity index (χ3v) is 2.05. The Morgan fingerprint density at radius 3 is 2.00 bits per heavy atom. The molecule has 0 aromatic heterocycles. The lowest BCUT2D eigenvalue weighted by atomic mass is 9.75. The van der Waals surface area contributed by atoms with Crippen LogP contribution in [0.25, 0.3) is 0 Å². The summed E-state index contributed by atoms with van der Waals surface area (Å²) in [6.45, 7) is 5.93. The minimum absolute atomic E-state index is 0.333. The third-order valence-electron chi connectivity index (χ3n) is 2.05. The second-order valence-electron chi connectivity index (χ2n) is 3.46. The van der Waals surface area contributed by atoms with Crippen molar-refractivity contribution >= 4 is 5.91 Å². The molecule has 0 atom stereocenters. The summed E-state index contributed by atoms with van der Waals surface area (Å²) in [4.78, 5) is 9.22. The SMILES string of the molecule is CC(N)=O.CCC1CC(C)C1. The van der Waals surface area contributed by atoms with Gasteiger partial charge in [0.05, 0.1) is 0 Å². The van der Waals surface area contributed by atoms with Crippen molar-refractivity contribution in [3.63, 3.8) is 0 Å². The van der Waals surface area contributed by atoms with Crippen molar-refractivity contribution in [3.05, 3.63) is 0 Å². The van der Waals surface area contributed by atoms with E-state index in [9.17, 15) is 4.79 Å². The zero-order chi connectivity index (χ0) is 8.85. The second-order valence-corrected chi connectivity index (χ2v) is 3.46. The monoisotopic (exact) mass is 157 g/mol. The Labute approximate surface area is 69.2 Å². The fraction of sp³-hybridized carbons (Fsp3) is 0.889. The van der Waals surface area contributed by atoms with Crippen LogP contribution in [-0.2, 0) is 4.79 Å². The average Bonchev–Trinajstić information content (AvgIpc) is 1.79. The van der Waals surface area contributed by atoms with E-state index in [1.807, 2.05) is 0 Å². The first kappa shape index (κ1) is 10.5. The normalized spacial score (nSPS) is 27.9. The standard InChI is InChI=1S/C7H14.C2H5NO/c1-3-7-4-6(2)5-7;1-2(3)4/h6-7H,3-5H2,1-2H3;1H3,(H2,3,4). The van der Waals surface area contributed by atoms with Crippen LogP contribution in [0.1, 0.15) is 40.0 Å². The highest BCUT2D eigenvalue weighted by Gasteiger charge is 2.22. The van der Waals surface area contributed by atoms with Gasteiger partial charge in [0.1, 0.15) is 0 Å². The van der Waals surface area contributed by atoms with Crippen molar-refractivity contribution in [2.45, 2.75) is 40.0 Å². The lowest BCUT2D eigenvalue weighted by Gasteiger charge is -2.31. The van der Waals surface area contributed by atoms with Crippen LogP contribution in [0, 0.1) is 11.8 Å². The zero-order valence-corrected chi connectivity index (χ0v) is 7.76. The van der Waals surface area contributed by atoms with Crippen LogP contribution in [-0.4, -0.2) is 5.91 Å². The molecule has 0 radical (unpaired) electrons. The second kappa shape index (κ2) is 5.16. The summed E-state index contributed by atoms with van der Waals surface area (Å²) in [7, 11) is 0. The van der Waals surface area contributed by atoms with Gasteiger partial charge in [-0.15, -0.1) is 0 Å². The maximum atomic E-state index is 9.22. The third kappa shape index (κ3) is 5.89. The molecule has 1 aliphatic carbocycles. The smallest absolute Gasteiger partial charge is 0.214 e. The van der Waals surface area contributed by atoms with Gasteiger partial charge in [-0.2, -0.15) is 0 Å². The van der Waals surface area contributed by atoms with Gasteiger partial charge in [-0.05, 0) is 24.7 Å². The van der Waals surface area contributed by atoms with Crippen molar-refractivity contribution in [1.82, 2.24) is 0 Å². The van der Waals surface area contributed by atoms with Gasteiger partial charge in [-0.3, -0.25) is 4.79 Å². The van der Waals surface area contributed by atoms with E-state index < -0.39 is 0 Å². The van der Waals surface area contributed by atoms with Gasteiger partial charge in [-0.1, -0.05) is 20.3 Å². The van der Waals surface area contributed by atoms with Crippen LogP contribution in [0.2, 0.25) is 0 Å². The Balaban J connectivity index is 0.000000218. The first-order valence-electron chi connectivity index (χ1n) is 4.32. The summed E-state index contributed by atoms with van der Waals surface area (Å²) in [6, 6.07) is 0. The molecule has 1 fully saturated rings. The van der Waals surface area contributed by atoms with Gasteiger partial charge < -0.3 is 5.73 Å². The minimum Gasteiger partial charge on any atom is -0.370 e. The number of carbonyl (C=O) groups excluding carboxylic acids is 1. The molecular weight excluding hydrogens is 138 g/mol. The average molecular weight is 157 g/mol. The van der Waals surface area contributed by atoms with E-state index in [1.165, 1.54) is 26.2 Å². The Morgan fingerprint density at radius 2 is 1.91 bits per heavy atom. The maximum Gasteiger partial charge on any atom is 0.214 e. The summed E-state index contributed by atoms with van der Waals surface area (Å²) < 4.78 is 0. The molecule has 66 valence electrons. The molecule has 1 rings (SSSR count). The molecule has 2 N–H and O–H groups in total. The molecule has 0 bridgehead atoms. The largest absolute Gasteiger partial charge is 0.370 e. The molecule has 2 heteroatoms. The quantitative estimate of drug-likeness (QED) is 0.621. The number of rotatable bonds is 1. The topological polar surface area (TPSA) is 43.1 Å². The lowest BCUT2D eigenvalue weighted by molar-refractivity contribution is -0.115. The van der Waals surface area contributed by atoms with Crippen molar-refractivity contribution in [3.8, 4) is 0 Å². The van der Waals surface area contributed by atoms with Crippen molar-refractivity contribution < 1.29 is 4.79 Å². The van der Waals surface area contributed by atoms with Crippen LogP contribution in [0.3, 0.4) is 0 Å². The summed E-state index contributed by atoms with van der Waals surface area (Å²) in [5, 5.41) is 0. The van der Waals surface area contributed by atoms with Gasteiger partial charge in [0, 0.05) is 6.92 Å². The lowest BCUT2D eigenvalue weighted by Crippen LogP contribution is -2.19. The summed E-state index contributed by atoms with van der Waals surface area (Å²) >= 11 is 0. The van der Waals surface area contributed by atoms with Gasteiger partial charge in [-0.25, -0.2) is 0 Å². The molecule has 0 heterocycles. The Morgan fingerprint density at radius 1 is 1.55 bits per heavy atom. The number of carbonyl (C=O) groups is 1. The first-order valence-corrected chi connectivity index (χ1v) is 4.32. The molecular formula is C9H19NO. The van der Waals surface area contributed by atoms with E-state index in [-0.39, 0.29) is 5.91 Å². The molecule has 0 aromatic rings. The highest BCUT2D eigenvalue weighted by atomic mass is 16.1. The number of amides is 1. The Kier molecular flexibility index (Phi) is 4.92. The molecule has 1 amide bonds. The summed E-state index contributed by atoms with van der Waals surface area (Å²) in [5.74, 6) is 1.81. The van der Waals surface area contributed by atoms with E-state index in [2.05, 4.69) is 19.6 Å². The van der Waals surface area contributed by atoms with Gasteiger partial charge in [0.2, 0.25) is 5.91 Å². The van der Waals surface area contributed by atoms with Gasteiger partial charge in [0.25, 0.3) is 0 Å². The van der Waals surface area contributed by atoms with Crippen LogP contribution >= 0.6 is 0 Å². The summed E-state index contributed by atoms with van der Waals surface area (Å²) in [6.07, 6.45) is 4.40. The highest BCUT2D eigenvalue weighted by Crippen LogP contribution is 2.34. The molecule has 0 aromatic carbocycles. The number of primary amides is 1. The number of hydrogen-bond acceptors (Lipinski definition) is 1. The van der Waals surface area contributed by atoms with Crippen LogP contribution in [0.15, 0.2) is 0 Å². The maximum absolute atomic E-state index is 9.22. The van der Waals surface area contributed by atoms with E-state index in [0.717, 1.165) is 11.8 Å². The zero-order valence-electron chi connectivity index (χ0n) is 7.76. The van der Waals surface area contributed by atoms with E-state index >= 15 is 0 Å².